The molecule has 22 heavy (non-hydrogen) atoms. The van der Waals surface area contributed by atoms with Gasteiger partial charge < -0.3 is 4.57 Å². The number of sulfone groups is 1. The van der Waals surface area contributed by atoms with Crippen molar-refractivity contribution in [1.29, 1.82) is 0 Å². The second kappa shape index (κ2) is 7.13. The number of hydrogen-bond donors (Lipinski definition) is 0. The Kier molecular flexibility index (Phi) is 5.66. The number of likely N-dealkylation sites (tertiary alicyclic amines) is 1. The average molecular weight is 327 g/mol. The van der Waals surface area contributed by atoms with E-state index in [-0.39, 0.29) is 5.16 Å². The fourth-order valence-electron chi connectivity index (χ4n) is 3.31. The van der Waals surface area contributed by atoms with Gasteiger partial charge in [0.1, 0.15) is 0 Å². The van der Waals surface area contributed by atoms with Crippen molar-refractivity contribution in [1.82, 2.24) is 14.5 Å². The van der Waals surface area contributed by atoms with E-state index >= 15 is 0 Å². The Balaban J connectivity index is 2.28. The molecule has 126 valence electrons. The van der Waals surface area contributed by atoms with Gasteiger partial charge in [-0.15, -0.1) is 0 Å². The van der Waals surface area contributed by atoms with Crippen LogP contribution in [0.5, 0.6) is 0 Å². The van der Waals surface area contributed by atoms with Crippen molar-refractivity contribution >= 4 is 9.84 Å². The molecule has 5 nitrogen and oxygen atoms in total. The molecule has 0 amide bonds. The molecule has 1 atom stereocenters. The van der Waals surface area contributed by atoms with E-state index in [1.807, 2.05) is 4.57 Å². The van der Waals surface area contributed by atoms with Gasteiger partial charge in [0.25, 0.3) is 0 Å². The summed E-state index contributed by atoms with van der Waals surface area (Å²) < 4.78 is 25.8. The Hall–Kier alpha value is -0.880. The average Bonchev–Trinajstić information content (AvgIpc) is 2.81. The predicted octanol–water partition coefficient (Wildman–Crippen LogP) is 2.71. The smallest absolute Gasteiger partial charge is 0.227 e. The topological polar surface area (TPSA) is 55.2 Å². The summed E-state index contributed by atoms with van der Waals surface area (Å²) in [5.74, 6) is 0.386. The van der Waals surface area contributed by atoms with E-state index < -0.39 is 9.84 Å². The minimum Gasteiger partial charge on any atom is -0.317 e. The van der Waals surface area contributed by atoms with Crippen LogP contribution in [0.4, 0.5) is 0 Å². The summed E-state index contributed by atoms with van der Waals surface area (Å²) in [5, 5.41) is 0.209. The van der Waals surface area contributed by atoms with Gasteiger partial charge in [0.15, 0.2) is 0 Å². The Labute approximate surface area is 134 Å². The van der Waals surface area contributed by atoms with Gasteiger partial charge in [-0.05, 0) is 31.7 Å². The van der Waals surface area contributed by atoms with Gasteiger partial charge >= 0.3 is 0 Å². The third-order valence-corrected chi connectivity index (χ3v) is 5.36. The summed E-state index contributed by atoms with van der Waals surface area (Å²) in [7, 11) is -3.28. The van der Waals surface area contributed by atoms with Crippen LogP contribution in [-0.2, 0) is 22.9 Å². The second-order valence-corrected chi connectivity index (χ2v) is 8.75. The second-order valence-electron chi connectivity index (χ2n) is 6.84. The van der Waals surface area contributed by atoms with E-state index in [1.165, 1.54) is 25.5 Å². The van der Waals surface area contributed by atoms with Crippen molar-refractivity contribution in [2.75, 3.05) is 12.8 Å². The molecule has 0 aliphatic carbocycles. The number of hydrogen-bond acceptors (Lipinski definition) is 4. The van der Waals surface area contributed by atoms with E-state index in [0.717, 1.165) is 25.2 Å². The van der Waals surface area contributed by atoms with Crippen LogP contribution >= 0.6 is 0 Å². The summed E-state index contributed by atoms with van der Waals surface area (Å²) in [4.78, 5) is 6.69. The number of piperidine rings is 1. The molecule has 1 aromatic heterocycles. The minimum absolute atomic E-state index is 0.209. The van der Waals surface area contributed by atoms with E-state index in [9.17, 15) is 8.42 Å². The molecule has 1 aliphatic heterocycles. The number of rotatable bonds is 6. The van der Waals surface area contributed by atoms with Gasteiger partial charge in [0, 0.05) is 25.4 Å². The van der Waals surface area contributed by atoms with Crippen LogP contribution in [0.15, 0.2) is 11.4 Å². The Morgan fingerprint density at radius 3 is 2.68 bits per heavy atom. The third-order valence-electron chi connectivity index (χ3n) is 4.37. The van der Waals surface area contributed by atoms with Crippen LogP contribution in [0.1, 0.15) is 52.1 Å². The molecule has 1 saturated heterocycles. The van der Waals surface area contributed by atoms with Gasteiger partial charge in [0.05, 0.1) is 11.9 Å². The van der Waals surface area contributed by atoms with Crippen molar-refractivity contribution in [3.63, 3.8) is 0 Å². The van der Waals surface area contributed by atoms with Crippen molar-refractivity contribution in [3.8, 4) is 0 Å². The molecule has 0 bridgehead atoms. The highest BCUT2D eigenvalue weighted by Gasteiger charge is 2.25. The van der Waals surface area contributed by atoms with Crippen LogP contribution in [0.2, 0.25) is 0 Å². The molecule has 2 heterocycles. The molecule has 0 aromatic carbocycles. The maximum atomic E-state index is 12.0. The standard InChI is InChI=1S/C16H29N3O2S/c1-5-14-8-6-7-9-18(14)12-15-10-17-16(22(4,20)21)19(15)11-13(2)3/h10,13-14H,5-9,11-12H2,1-4H3/t14-/m1/s1. The normalized spacial score (nSPS) is 20.7. The Morgan fingerprint density at radius 1 is 1.36 bits per heavy atom. The molecule has 0 spiro atoms. The van der Waals surface area contributed by atoms with Crippen LogP contribution in [0, 0.1) is 5.92 Å². The minimum atomic E-state index is -3.28. The van der Waals surface area contributed by atoms with E-state index in [2.05, 4.69) is 30.7 Å². The third kappa shape index (κ3) is 4.10. The fourth-order valence-corrected chi connectivity index (χ4v) is 4.15. The first-order chi connectivity index (χ1) is 10.3. The first-order valence-electron chi connectivity index (χ1n) is 8.31. The monoisotopic (exact) mass is 327 g/mol. The number of nitrogens with zero attached hydrogens (tertiary/aromatic N) is 3. The molecular formula is C16H29N3O2S. The van der Waals surface area contributed by atoms with Gasteiger partial charge in [-0.25, -0.2) is 13.4 Å². The highest BCUT2D eigenvalue weighted by Crippen LogP contribution is 2.23. The lowest BCUT2D eigenvalue weighted by molar-refractivity contribution is 0.132. The van der Waals surface area contributed by atoms with E-state index in [4.69, 9.17) is 0 Å². The van der Waals surface area contributed by atoms with Crippen molar-refractivity contribution in [3.05, 3.63) is 11.9 Å². The van der Waals surface area contributed by atoms with Gasteiger partial charge in [-0.3, -0.25) is 4.90 Å². The summed E-state index contributed by atoms with van der Waals surface area (Å²) in [6.07, 6.45) is 7.92. The van der Waals surface area contributed by atoms with Crippen LogP contribution in [-0.4, -0.2) is 41.7 Å². The molecule has 0 unspecified atom stereocenters. The highest BCUT2D eigenvalue weighted by molar-refractivity contribution is 7.90. The quantitative estimate of drug-likeness (QED) is 0.806. The molecule has 0 radical (unpaired) electrons. The van der Waals surface area contributed by atoms with Gasteiger partial charge in [-0.2, -0.15) is 0 Å². The first kappa shape index (κ1) is 17.5. The van der Waals surface area contributed by atoms with Crippen LogP contribution < -0.4 is 0 Å². The summed E-state index contributed by atoms with van der Waals surface area (Å²) in [6, 6.07) is 0.609. The zero-order valence-electron chi connectivity index (χ0n) is 14.2. The van der Waals surface area contributed by atoms with Crippen molar-refractivity contribution < 1.29 is 8.42 Å². The SMILES string of the molecule is CC[C@@H]1CCCCN1Cc1cnc(S(C)(=O)=O)n1CC(C)C. The highest BCUT2D eigenvalue weighted by atomic mass is 32.2. The van der Waals surface area contributed by atoms with Gasteiger partial charge in [-0.1, -0.05) is 27.2 Å². The zero-order valence-corrected chi connectivity index (χ0v) is 15.1. The molecule has 2 rings (SSSR count). The molecule has 1 aromatic rings. The van der Waals surface area contributed by atoms with Crippen molar-refractivity contribution in [2.24, 2.45) is 5.92 Å². The molecule has 0 saturated carbocycles. The van der Waals surface area contributed by atoms with E-state index in [0.29, 0.717) is 18.5 Å². The number of imidazole rings is 1. The largest absolute Gasteiger partial charge is 0.317 e. The first-order valence-corrected chi connectivity index (χ1v) is 10.2. The number of aromatic nitrogens is 2. The lowest BCUT2D eigenvalue weighted by atomic mass is 10.00. The lowest BCUT2D eigenvalue weighted by Gasteiger charge is -2.35. The maximum Gasteiger partial charge on any atom is 0.227 e. The van der Waals surface area contributed by atoms with Crippen molar-refractivity contribution in [2.45, 2.75) is 70.7 Å². The van der Waals surface area contributed by atoms with Gasteiger partial charge in [0.2, 0.25) is 15.0 Å². The molecule has 0 N–H and O–H groups in total. The fraction of sp³-hybridized carbons (Fsp3) is 0.812. The van der Waals surface area contributed by atoms with Crippen LogP contribution in [0.3, 0.4) is 0 Å². The molecule has 1 fully saturated rings. The summed E-state index contributed by atoms with van der Waals surface area (Å²) >= 11 is 0. The molecule has 6 heteroatoms. The zero-order chi connectivity index (χ0) is 16.3. The summed E-state index contributed by atoms with van der Waals surface area (Å²) in [6.45, 7) is 9.03. The molecular weight excluding hydrogens is 298 g/mol. The Morgan fingerprint density at radius 2 is 2.09 bits per heavy atom. The predicted molar refractivity (Wildman–Crippen MR) is 88.5 cm³/mol. The van der Waals surface area contributed by atoms with E-state index in [1.54, 1.807) is 6.20 Å². The molecule has 1 aliphatic rings. The van der Waals surface area contributed by atoms with Crippen LogP contribution in [0.25, 0.3) is 0 Å². The lowest BCUT2D eigenvalue weighted by Crippen LogP contribution is -2.39. The summed E-state index contributed by atoms with van der Waals surface area (Å²) in [5.41, 5.74) is 1.02. The maximum absolute atomic E-state index is 12.0. The Bertz CT molecular complexity index is 593.